The first-order chi connectivity index (χ1) is 8.40. The molecule has 0 heterocycles. The summed E-state index contributed by atoms with van der Waals surface area (Å²) in [4.78, 5) is 0. The molecule has 0 radical (unpaired) electrons. The topological polar surface area (TPSA) is 0 Å². The van der Waals surface area contributed by atoms with E-state index in [1.165, 1.54) is 48.4 Å². The average molecular weight is 291 g/mol. The third kappa shape index (κ3) is 3.85. The molecule has 0 saturated heterocycles. The Labute approximate surface area is 112 Å². The van der Waals surface area contributed by atoms with E-state index in [1.54, 1.807) is 0 Å². The fourth-order valence-corrected chi connectivity index (χ4v) is 2.57. The van der Waals surface area contributed by atoms with E-state index in [1.807, 2.05) is 0 Å². The molecule has 1 heteroatoms. The van der Waals surface area contributed by atoms with Gasteiger partial charge in [-0.25, -0.2) is 0 Å². The molecule has 0 bridgehead atoms. The summed E-state index contributed by atoms with van der Waals surface area (Å²) in [5, 5.41) is 3.85. The minimum absolute atomic E-state index is 1.14. The Kier molecular flexibility index (Phi) is 5.06. The van der Waals surface area contributed by atoms with Crippen molar-refractivity contribution >= 4 is 26.7 Å². The van der Waals surface area contributed by atoms with Crippen molar-refractivity contribution in [2.75, 3.05) is 5.33 Å². The van der Waals surface area contributed by atoms with Gasteiger partial charge in [0.15, 0.2) is 0 Å². The molecular weight excluding hydrogens is 272 g/mol. The number of unbranched alkanes of at least 4 members (excludes halogenated alkanes) is 3. The zero-order chi connectivity index (χ0) is 11.9. The maximum atomic E-state index is 3.47. The molecule has 2 rings (SSSR count). The lowest BCUT2D eigenvalue weighted by Crippen LogP contribution is -1.86. The second-order valence-corrected chi connectivity index (χ2v) is 5.33. The zero-order valence-corrected chi connectivity index (χ0v) is 11.7. The number of hydrogen-bond acceptors (Lipinski definition) is 0. The highest BCUT2D eigenvalue weighted by atomic mass is 79.9. The SMILES string of the molecule is BrCCCCCCc1ccc2ccccc2c1. The molecule has 0 amide bonds. The van der Waals surface area contributed by atoms with Crippen LogP contribution in [0.3, 0.4) is 0 Å². The van der Waals surface area contributed by atoms with Crippen LogP contribution in [0.25, 0.3) is 10.8 Å². The molecule has 0 aliphatic heterocycles. The first-order valence-corrected chi connectivity index (χ1v) is 7.56. The van der Waals surface area contributed by atoms with Crippen LogP contribution in [0, 0.1) is 0 Å². The smallest absolute Gasteiger partial charge is 0.00313 e. The highest BCUT2D eigenvalue weighted by molar-refractivity contribution is 9.09. The van der Waals surface area contributed by atoms with Gasteiger partial charge in [0, 0.05) is 5.33 Å². The quantitative estimate of drug-likeness (QED) is 0.498. The van der Waals surface area contributed by atoms with Crippen LogP contribution >= 0.6 is 15.9 Å². The molecule has 0 nitrogen and oxygen atoms in total. The van der Waals surface area contributed by atoms with E-state index in [0.717, 1.165) is 5.33 Å². The lowest BCUT2D eigenvalue weighted by molar-refractivity contribution is 0.672. The van der Waals surface area contributed by atoms with Crippen molar-refractivity contribution in [1.29, 1.82) is 0 Å². The van der Waals surface area contributed by atoms with Gasteiger partial charge >= 0.3 is 0 Å². The van der Waals surface area contributed by atoms with Crippen molar-refractivity contribution < 1.29 is 0 Å². The highest BCUT2D eigenvalue weighted by Gasteiger charge is 1.96. The van der Waals surface area contributed by atoms with Crippen LogP contribution in [-0.2, 0) is 6.42 Å². The monoisotopic (exact) mass is 290 g/mol. The van der Waals surface area contributed by atoms with E-state index in [4.69, 9.17) is 0 Å². The van der Waals surface area contributed by atoms with Crippen LogP contribution in [0.5, 0.6) is 0 Å². The van der Waals surface area contributed by atoms with Crippen molar-refractivity contribution in [1.82, 2.24) is 0 Å². The van der Waals surface area contributed by atoms with E-state index < -0.39 is 0 Å². The Bertz CT molecular complexity index is 462. The van der Waals surface area contributed by atoms with Gasteiger partial charge < -0.3 is 0 Å². The predicted molar refractivity (Wildman–Crippen MR) is 79.9 cm³/mol. The van der Waals surface area contributed by atoms with E-state index in [0.29, 0.717) is 0 Å². The third-order valence-corrected chi connectivity index (χ3v) is 3.72. The highest BCUT2D eigenvalue weighted by Crippen LogP contribution is 2.17. The number of aryl methyl sites for hydroxylation is 1. The second kappa shape index (κ2) is 6.80. The van der Waals surface area contributed by atoms with E-state index in [9.17, 15) is 0 Å². The molecule has 0 aliphatic rings. The molecule has 2 aromatic rings. The maximum Gasteiger partial charge on any atom is 0.00313 e. The van der Waals surface area contributed by atoms with Crippen LogP contribution < -0.4 is 0 Å². The van der Waals surface area contributed by atoms with Crippen molar-refractivity contribution in [3.05, 3.63) is 48.0 Å². The Balaban J connectivity index is 1.90. The van der Waals surface area contributed by atoms with Crippen LogP contribution in [0.1, 0.15) is 31.2 Å². The van der Waals surface area contributed by atoms with Gasteiger partial charge in [-0.1, -0.05) is 71.2 Å². The molecule has 0 N–H and O–H groups in total. The number of fused-ring (bicyclic) bond motifs is 1. The summed E-state index contributed by atoms with van der Waals surface area (Å²) < 4.78 is 0. The Morgan fingerprint density at radius 3 is 2.35 bits per heavy atom. The molecule has 0 aromatic heterocycles. The number of benzene rings is 2. The summed E-state index contributed by atoms with van der Waals surface area (Å²) in [5.74, 6) is 0. The summed E-state index contributed by atoms with van der Waals surface area (Å²) in [6.07, 6.45) is 6.52. The lowest BCUT2D eigenvalue weighted by atomic mass is 10.0. The van der Waals surface area contributed by atoms with Crippen LogP contribution in [0.2, 0.25) is 0 Å². The molecule has 17 heavy (non-hydrogen) atoms. The first-order valence-electron chi connectivity index (χ1n) is 6.44. The van der Waals surface area contributed by atoms with E-state index in [-0.39, 0.29) is 0 Å². The molecule has 0 atom stereocenters. The Morgan fingerprint density at radius 2 is 1.53 bits per heavy atom. The van der Waals surface area contributed by atoms with Gasteiger partial charge in [0.05, 0.1) is 0 Å². The van der Waals surface area contributed by atoms with E-state index >= 15 is 0 Å². The number of halogens is 1. The van der Waals surface area contributed by atoms with Crippen LogP contribution in [-0.4, -0.2) is 5.33 Å². The summed E-state index contributed by atoms with van der Waals surface area (Å²) in [6.45, 7) is 0. The normalized spacial score (nSPS) is 10.9. The average Bonchev–Trinajstić information content (AvgIpc) is 2.38. The number of alkyl halides is 1. The van der Waals surface area contributed by atoms with Gasteiger partial charge in [-0.15, -0.1) is 0 Å². The Morgan fingerprint density at radius 1 is 0.765 bits per heavy atom. The molecule has 90 valence electrons. The van der Waals surface area contributed by atoms with Gasteiger partial charge in [0.2, 0.25) is 0 Å². The molecule has 2 aromatic carbocycles. The first kappa shape index (κ1) is 12.6. The third-order valence-electron chi connectivity index (χ3n) is 3.16. The van der Waals surface area contributed by atoms with Gasteiger partial charge in [0.25, 0.3) is 0 Å². The Hall–Kier alpha value is -0.820. The van der Waals surface area contributed by atoms with E-state index in [2.05, 4.69) is 58.4 Å². The van der Waals surface area contributed by atoms with Crippen molar-refractivity contribution in [3.63, 3.8) is 0 Å². The van der Waals surface area contributed by atoms with Gasteiger partial charge in [-0.05, 0) is 35.6 Å². The minimum atomic E-state index is 1.14. The summed E-state index contributed by atoms with van der Waals surface area (Å²) in [6, 6.07) is 15.4. The molecule has 0 saturated carbocycles. The number of hydrogen-bond donors (Lipinski definition) is 0. The van der Waals surface area contributed by atoms with Gasteiger partial charge in [-0.2, -0.15) is 0 Å². The fourth-order valence-electron chi connectivity index (χ4n) is 2.17. The standard InChI is InChI=1S/C16H19Br/c17-12-6-2-1-3-7-14-10-11-15-8-4-5-9-16(15)13-14/h4-5,8-11,13H,1-3,6-7,12H2. The largest absolute Gasteiger partial charge is 0.0928 e. The summed E-state index contributed by atoms with van der Waals surface area (Å²) >= 11 is 3.47. The van der Waals surface area contributed by atoms with Gasteiger partial charge in [-0.3, -0.25) is 0 Å². The molecule has 0 fully saturated rings. The maximum absolute atomic E-state index is 3.47. The van der Waals surface area contributed by atoms with Crippen LogP contribution in [0.4, 0.5) is 0 Å². The molecular formula is C16H19Br. The molecule has 0 unspecified atom stereocenters. The van der Waals surface area contributed by atoms with Crippen molar-refractivity contribution in [2.24, 2.45) is 0 Å². The summed E-state index contributed by atoms with van der Waals surface area (Å²) in [5.41, 5.74) is 1.47. The zero-order valence-electron chi connectivity index (χ0n) is 10.2. The fraction of sp³-hybridized carbons (Fsp3) is 0.375. The number of rotatable bonds is 6. The summed E-state index contributed by atoms with van der Waals surface area (Å²) in [7, 11) is 0. The van der Waals surface area contributed by atoms with Gasteiger partial charge in [0.1, 0.15) is 0 Å². The predicted octanol–water partition coefficient (Wildman–Crippen LogP) is 5.34. The lowest BCUT2D eigenvalue weighted by Gasteiger charge is -2.03. The molecule has 0 aliphatic carbocycles. The molecule has 0 spiro atoms. The second-order valence-electron chi connectivity index (χ2n) is 4.53. The van der Waals surface area contributed by atoms with Crippen molar-refractivity contribution in [3.8, 4) is 0 Å². The minimum Gasteiger partial charge on any atom is -0.0928 e. The van der Waals surface area contributed by atoms with Crippen molar-refractivity contribution in [2.45, 2.75) is 32.1 Å². The van der Waals surface area contributed by atoms with Crippen LogP contribution in [0.15, 0.2) is 42.5 Å².